The molecular weight excluding hydrogens is 490 g/mol. The lowest BCUT2D eigenvalue weighted by molar-refractivity contribution is -0.145. The van der Waals surface area contributed by atoms with Gasteiger partial charge in [0.1, 0.15) is 12.6 Å². The summed E-state index contributed by atoms with van der Waals surface area (Å²) >= 11 is 0. The van der Waals surface area contributed by atoms with E-state index in [0.717, 1.165) is 43.6 Å². The highest BCUT2D eigenvalue weighted by molar-refractivity contribution is 5.87. The minimum atomic E-state index is -0.534. The van der Waals surface area contributed by atoms with Crippen molar-refractivity contribution in [2.24, 2.45) is 5.92 Å². The molecule has 0 aliphatic rings. The van der Waals surface area contributed by atoms with Gasteiger partial charge in [-0.05, 0) is 49.8 Å². The Bertz CT molecular complexity index is 737. The zero-order chi connectivity index (χ0) is 29.1. The summed E-state index contributed by atoms with van der Waals surface area (Å²) in [6.07, 6.45) is 18.8. The minimum Gasteiger partial charge on any atom is -0.461 e. The van der Waals surface area contributed by atoms with Crippen molar-refractivity contribution < 1.29 is 19.1 Å². The van der Waals surface area contributed by atoms with Gasteiger partial charge >= 0.3 is 5.97 Å². The zero-order valence-corrected chi connectivity index (χ0v) is 25.6. The third kappa shape index (κ3) is 25.6. The second-order valence-electron chi connectivity index (χ2n) is 11.1. The summed E-state index contributed by atoms with van der Waals surface area (Å²) in [5.41, 5.74) is 0.917. The van der Waals surface area contributed by atoms with Crippen LogP contribution in [0.5, 0.6) is 0 Å². The van der Waals surface area contributed by atoms with Crippen molar-refractivity contribution in [3.8, 4) is 0 Å². The van der Waals surface area contributed by atoms with Crippen molar-refractivity contribution >= 4 is 17.8 Å². The molecule has 0 bridgehead atoms. The van der Waals surface area contributed by atoms with Gasteiger partial charge in [-0.15, -0.1) is 0 Å². The van der Waals surface area contributed by atoms with Crippen LogP contribution in [0.2, 0.25) is 0 Å². The first-order valence-corrected chi connectivity index (χ1v) is 15.4. The SMILES string of the molecule is CC(C)C.CCCCCCCCCCCCC(=O)NC(C)C(=O)NCCCCCC(=O)OCc1ccncc1. The van der Waals surface area contributed by atoms with E-state index in [1.807, 2.05) is 12.1 Å². The molecule has 0 fully saturated rings. The molecule has 2 N–H and O–H groups in total. The number of nitrogens with zero attached hydrogens (tertiary/aromatic N) is 1. The van der Waals surface area contributed by atoms with E-state index in [9.17, 15) is 14.4 Å². The highest BCUT2D eigenvalue weighted by Crippen LogP contribution is 2.11. The van der Waals surface area contributed by atoms with Crippen LogP contribution in [0.4, 0.5) is 0 Å². The number of rotatable bonds is 21. The first kappa shape index (κ1) is 36.6. The fourth-order valence-corrected chi connectivity index (χ4v) is 3.80. The van der Waals surface area contributed by atoms with E-state index in [0.29, 0.717) is 19.4 Å². The van der Waals surface area contributed by atoms with Crippen molar-refractivity contribution in [2.45, 2.75) is 144 Å². The largest absolute Gasteiger partial charge is 0.461 e. The maximum atomic E-state index is 12.2. The number of carbonyl (C=O) groups excluding carboxylic acids is 3. The second-order valence-corrected chi connectivity index (χ2v) is 11.1. The molecule has 1 atom stereocenters. The number of nitrogens with one attached hydrogen (secondary N) is 2. The van der Waals surface area contributed by atoms with E-state index in [2.05, 4.69) is 43.3 Å². The summed E-state index contributed by atoms with van der Waals surface area (Å²) in [6.45, 7) is 11.2. The molecule has 0 radical (unpaired) electrons. The van der Waals surface area contributed by atoms with Gasteiger partial charge in [-0.2, -0.15) is 0 Å². The maximum Gasteiger partial charge on any atom is 0.306 e. The lowest BCUT2D eigenvalue weighted by Gasteiger charge is -2.14. The van der Waals surface area contributed by atoms with Gasteiger partial charge in [-0.25, -0.2) is 0 Å². The Morgan fingerprint density at radius 2 is 1.28 bits per heavy atom. The van der Waals surface area contributed by atoms with Crippen LogP contribution < -0.4 is 10.6 Å². The molecule has 0 aliphatic carbocycles. The van der Waals surface area contributed by atoms with E-state index < -0.39 is 6.04 Å². The number of unbranched alkanes of at least 4 members (excludes halogenated alkanes) is 11. The van der Waals surface area contributed by atoms with Crippen molar-refractivity contribution in [3.63, 3.8) is 0 Å². The van der Waals surface area contributed by atoms with Crippen molar-refractivity contribution in [1.82, 2.24) is 15.6 Å². The van der Waals surface area contributed by atoms with E-state index >= 15 is 0 Å². The molecule has 7 nitrogen and oxygen atoms in total. The predicted molar refractivity (Wildman–Crippen MR) is 160 cm³/mol. The first-order chi connectivity index (χ1) is 18.8. The summed E-state index contributed by atoms with van der Waals surface area (Å²) in [7, 11) is 0. The maximum absolute atomic E-state index is 12.2. The molecule has 7 heteroatoms. The Balaban J connectivity index is 0.00000336. The van der Waals surface area contributed by atoms with E-state index in [1.54, 1.807) is 19.3 Å². The van der Waals surface area contributed by atoms with Gasteiger partial charge < -0.3 is 15.4 Å². The molecule has 2 amide bonds. The number of amides is 2. The van der Waals surface area contributed by atoms with Crippen LogP contribution in [-0.2, 0) is 25.7 Å². The van der Waals surface area contributed by atoms with Crippen LogP contribution in [-0.4, -0.2) is 35.4 Å². The Morgan fingerprint density at radius 1 is 0.769 bits per heavy atom. The summed E-state index contributed by atoms with van der Waals surface area (Å²) in [6, 6.07) is 3.10. The highest BCUT2D eigenvalue weighted by Gasteiger charge is 2.14. The monoisotopic (exact) mass is 547 g/mol. The standard InChI is InChI=1S/C28H47N3O4.C4H10/c1-3-4-5-6-7-8-9-10-11-13-16-26(32)31-24(2)28(34)30-20-15-12-14-17-27(33)35-23-25-18-21-29-22-19-25;1-4(2)3/h18-19,21-22,24H,3-17,20,23H2,1-2H3,(H,30,34)(H,31,32);4H,1-3H3. The van der Waals surface area contributed by atoms with Gasteiger partial charge in [0.25, 0.3) is 0 Å². The average Bonchev–Trinajstić information content (AvgIpc) is 2.90. The molecule has 0 aliphatic heterocycles. The van der Waals surface area contributed by atoms with Crippen molar-refractivity contribution in [1.29, 1.82) is 0 Å². The second kappa shape index (κ2) is 25.8. The van der Waals surface area contributed by atoms with Crippen LogP contribution in [0.25, 0.3) is 0 Å². The number of aromatic nitrogens is 1. The number of carbonyl (C=O) groups is 3. The summed E-state index contributed by atoms with van der Waals surface area (Å²) in [5, 5.41) is 5.64. The number of hydrogen-bond acceptors (Lipinski definition) is 5. The molecule has 0 saturated carbocycles. The van der Waals surface area contributed by atoms with Gasteiger partial charge in [0, 0.05) is 31.8 Å². The molecule has 1 rings (SSSR count). The van der Waals surface area contributed by atoms with Crippen LogP contribution in [0.15, 0.2) is 24.5 Å². The van der Waals surface area contributed by atoms with Crippen molar-refractivity contribution in [3.05, 3.63) is 30.1 Å². The summed E-state index contributed by atoms with van der Waals surface area (Å²) < 4.78 is 5.23. The van der Waals surface area contributed by atoms with Crippen LogP contribution >= 0.6 is 0 Å². The quantitative estimate of drug-likeness (QED) is 0.124. The van der Waals surface area contributed by atoms with Crippen molar-refractivity contribution in [2.75, 3.05) is 6.54 Å². The Morgan fingerprint density at radius 3 is 1.87 bits per heavy atom. The predicted octanol–water partition coefficient (Wildman–Crippen LogP) is 7.28. The van der Waals surface area contributed by atoms with E-state index in [-0.39, 0.29) is 24.4 Å². The molecule has 0 saturated heterocycles. The molecule has 224 valence electrons. The number of pyridine rings is 1. The molecule has 0 aromatic carbocycles. The van der Waals surface area contributed by atoms with Gasteiger partial charge in [-0.1, -0.05) is 91.9 Å². The lowest BCUT2D eigenvalue weighted by Crippen LogP contribution is -2.45. The Hall–Kier alpha value is -2.44. The number of ether oxygens (including phenoxy) is 1. The molecule has 1 heterocycles. The van der Waals surface area contributed by atoms with Gasteiger partial charge in [0.2, 0.25) is 11.8 Å². The fourth-order valence-electron chi connectivity index (χ4n) is 3.80. The molecule has 1 unspecified atom stereocenters. The summed E-state index contributed by atoms with van der Waals surface area (Å²) in [5.74, 6) is 0.389. The Kier molecular flexibility index (Phi) is 24.2. The topological polar surface area (TPSA) is 97.4 Å². The van der Waals surface area contributed by atoms with Crippen LogP contribution in [0.1, 0.15) is 136 Å². The fraction of sp³-hybridized carbons (Fsp3) is 0.750. The third-order valence-corrected chi connectivity index (χ3v) is 6.03. The lowest BCUT2D eigenvalue weighted by atomic mass is 10.1. The summed E-state index contributed by atoms with van der Waals surface area (Å²) in [4.78, 5) is 40.0. The molecule has 1 aromatic rings. The molecule has 1 aromatic heterocycles. The zero-order valence-electron chi connectivity index (χ0n) is 25.6. The van der Waals surface area contributed by atoms with Gasteiger partial charge in [-0.3, -0.25) is 19.4 Å². The number of hydrogen-bond donors (Lipinski definition) is 2. The van der Waals surface area contributed by atoms with Crippen LogP contribution in [0.3, 0.4) is 0 Å². The van der Waals surface area contributed by atoms with Gasteiger partial charge in [0.05, 0.1) is 0 Å². The first-order valence-electron chi connectivity index (χ1n) is 15.4. The van der Waals surface area contributed by atoms with Crippen LogP contribution in [0, 0.1) is 5.92 Å². The average molecular weight is 548 g/mol. The molecule has 0 spiro atoms. The minimum absolute atomic E-state index is 0.0579. The van der Waals surface area contributed by atoms with E-state index in [1.165, 1.54) is 51.4 Å². The molecule has 39 heavy (non-hydrogen) atoms. The van der Waals surface area contributed by atoms with E-state index in [4.69, 9.17) is 4.74 Å². The normalized spacial score (nSPS) is 11.3. The smallest absolute Gasteiger partial charge is 0.306 e. The van der Waals surface area contributed by atoms with Gasteiger partial charge in [0.15, 0.2) is 0 Å². The highest BCUT2D eigenvalue weighted by atomic mass is 16.5. The number of esters is 1. The third-order valence-electron chi connectivity index (χ3n) is 6.03. The molecular formula is C32H57N3O4. The Labute approximate surface area is 238 Å².